The Balaban J connectivity index is 2.09. The van der Waals surface area contributed by atoms with E-state index in [0.717, 1.165) is 12.5 Å². The molecule has 0 aromatic carbocycles. The van der Waals surface area contributed by atoms with E-state index in [9.17, 15) is 0 Å². The molecule has 1 heterocycles. The van der Waals surface area contributed by atoms with Gasteiger partial charge in [0.1, 0.15) is 0 Å². The Kier molecular flexibility index (Phi) is 1.30. The van der Waals surface area contributed by atoms with Gasteiger partial charge in [-0.15, -0.1) is 0 Å². The van der Waals surface area contributed by atoms with Crippen LogP contribution in [0.15, 0.2) is 23.4 Å². The molecule has 10 heavy (non-hydrogen) atoms. The second kappa shape index (κ2) is 2.15. The van der Waals surface area contributed by atoms with Crippen LogP contribution in [0.3, 0.4) is 0 Å². The molecule has 54 valence electrons. The molecule has 0 saturated heterocycles. The minimum absolute atomic E-state index is 0.928. The highest BCUT2D eigenvalue weighted by Gasteiger charge is 2.25. The molecule has 1 aliphatic carbocycles. The molecule has 1 N–H and O–H groups in total. The molecule has 1 aliphatic heterocycles. The van der Waals surface area contributed by atoms with Crippen LogP contribution in [0.25, 0.3) is 0 Å². The first-order valence-corrected chi connectivity index (χ1v) is 3.97. The van der Waals surface area contributed by atoms with Crippen LogP contribution in [0.2, 0.25) is 0 Å². The van der Waals surface area contributed by atoms with Gasteiger partial charge in [0, 0.05) is 12.2 Å². The van der Waals surface area contributed by atoms with E-state index < -0.39 is 0 Å². The predicted molar refractivity (Wildman–Crippen MR) is 42.6 cm³/mol. The molecule has 0 atom stereocenters. The minimum atomic E-state index is 0.928. The van der Waals surface area contributed by atoms with E-state index in [-0.39, 0.29) is 0 Å². The van der Waals surface area contributed by atoms with E-state index in [2.05, 4.69) is 24.4 Å². The van der Waals surface area contributed by atoms with Gasteiger partial charge in [0.15, 0.2) is 0 Å². The summed E-state index contributed by atoms with van der Waals surface area (Å²) in [6, 6.07) is 0. The molecule has 1 fully saturated rings. The van der Waals surface area contributed by atoms with Gasteiger partial charge < -0.3 is 5.32 Å². The van der Waals surface area contributed by atoms with Crippen molar-refractivity contribution in [3.8, 4) is 0 Å². The van der Waals surface area contributed by atoms with Gasteiger partial charge in [-0.2, -0.15) is 0 Å². The second-order valence-electron chi connectivity index (χ2n) is 3.22. The summed E-state index contributed by atoms with van der Waals surface area (Å²) in [4.78, 5) is 0. The van der Waals surface area contributed by atoms with Crippen molar-refractivity contribution in [1.82, 2.24) is 5.32 Å². The Bertz CT molecular complexity index is 197. The van der Waals surface area contributed by atoms with Crippen LogP contribution in [0.1, 0.15) is 19.8 Å². The van der Waals surface area contributed by atoms with E-state index in [4.69, 9.17) is 0 Å². The fourth-order valence-corrected chi connectivity index (χ4v) is 1.33. The number of hydrogen-bond donors (Lipinski definition) is 1. The van der Waals surface area contributed by atoms with Crippen molar-refractivity contribution in [3.05, 3.63) is 23.4 Å². The van der Waals surface area contributed by atoms with Gasteiger partial charge in [0.05, 0.1) is 0 Å². The highest BCUT2D eigenvalue weighted by atomic mass is 14.9. The summed E-state index contributed by atoms with van der Waals surface area (Å²) < 4.78 is 0. The lowest BCUT2D eigenvalue weighted by Gasteiger charge is -2.13. The zero-order valence-electron chi connectivity index (χ0n) is 6.35. The smallest absolute Gasteiger partial charge is 0.0362 e. The molecule has 0 aromatic heterocycles. The van der Waals surface area contributed by atoms with Gasteiger partial charge in [-0.25, -0.2) is 0 Å². The molecule has 0 unspecified atom stereocenters. The molecular formula is C9H13N. The number of nitrogens with one attached hydrogen (secondary N) is 1. The van der Waals surface area contributed by atoms with Gasteiger partial charge in [0.2, 0.25) is 0 Å². The summed E-state index contributed by atoms with van der Waals surface area (Å²) >= 11 is 0. The van der Waals surface area contributed by atoms with Gasteiger partial charge in [0.25, 0.3) is 0 Å². The fourth-order valence-electron chi connectivity index (χ4n) is 1.33. The van der Waals surface area contributed by atoms with Crippen molar-refractivity contribution < 1.29 is 0 Å². The van der Waals surface area contributed by atoms with E-state index in [0.29, 0.717) is 0 Å². The molecule has 0 aromatic rings. The van der Waals surface area contributed by atoms with Gasteiger partial charge in [-0.3, -0.25) is 0 Å². The van der Waals surface area contributed by atoms with Gasteiger partial charge >= 0.3 is 0 Å². The monoisotopic (exact) mass is 135 g/mol. The van der Waals surface area contributed by atoms with Crippen molar-refractivity contribution >= 4 is 0 Å². The Morgan fingerprint density at radius 1 is 1.40 bits per heavy atom. The van der Waals surface area contributed by atoms with Crippen LogP contribution in [-0.2, 0) is 0 Å². The number of allylic oxidation sites excluding steroid dienone is 3. The summed E-state index contributed by atoms with van der Waals surface area (Å²) in [6.07, 6.45) is 7.29. The summed E-state index contributed by atoms with van der Waals surface area (Å²) in [5.74, 6) is 0.928. The third-order valence-corrected chi connectivity index (χ3v) is 2.22. The lowest BCUT2D eigenvalue weighted by molar-refractivity contribution is 0.796. The summed E-state index contributed by atoms with van der Waals surface area (Å²) in [7, 11) is 0. The van der Waals surface area contributed by atoms with Crippen LogP contribution < -0.4 is 5.32 Å². The maximum atomic E-state index is 3.35. The SMILES string of the molecule is CC1=CC=C(C2CC2)CN1. The Labute approximate surface area is 61.8 Å². The minimum Gasteiger partial charge on any atom is -0.385 e. The third-order valence-electron chi connectivity index (χ3n) is 2.22. The number of hydrogen-bond acceptors (Lipinski definition) is 1. The van der Waals surface area contributed by atoms with Crippen LogP contribution in [0.4, 0.5) is 0 Å². The Morgan fingerprint density at radius 2 is 2.20 bits per heavy atom. The predicted octanol–water partition coefficient (Wildman–Crippen LogP) is 1.83. The average Bonchev–Trinajstić information content (AvgIpc) is 2.71. The second-order valence-corrected chi connectivity index (χ2v) is 3.22. The summed E-state index contributed by atoms with van der Waals surface area (Å²) in [6.45, 7) is 3.20. The van der Waals surface area contributed by atoms with Crippen LogP contribution in [0.5, 0.6) is 0 Å². The van der Waals surface area contributed by atoms with E-state index >= 15 is 0 Å². The normalized spacial score (nSPS) is 24.9. The zero-order valence-corrected chi connectivity index (χ0v) is 6.35. The highest BCUT2D eigenvalue weighted by Crippen LogP contribution is 2.36. The lowest BCUT2D eigenvalue weighted by Crippen LogP contribution is -2.18. The van der Waals surface area contributed by atoms with Crippen LogP contribution in [-0.4, -0.2) is 6.54 Å². The highest BCUT2D eigenvalue weighted by molar-refractivity contribution is 5.26. The maximum Gasteiger partial charge on any atom is 0.0362 e. The topological polar surface area (TPSA) is 12.0 Å². The molecule has 2 aliphatic rings. The Morgan fingerprint density at radius 3 is 2.70 bits per heavy atom. The zero-order chi connectivity index (χ0) is 6.97. The molecule has 0 amide bonds. The van der Waals surface area contributed by atoms with Gasteiger partial charge in [-0.1, -0.05) is 6.08 Å². The largest absolute Gasteiger partial charge is 0.385 e. The van der Waals surface area contributed by atoms with Crippen molar-refractivity contribution in [3.63, 3.8) is 0 Å². The van der Waals surface area contributed by atoms with E-state index in [1.807, 2.05) is 0 Å². The first-order valence-electron chi connectivity index (χ1n) is 3.97. The molecule has 1 nitrogen and oxygen atoms in total. The molecule has 0 spiro atoms. The van der Waals surface area contributed by atoms with Crippen molar-refractivity contribution in [2.75, 3.05) is 6.54 Å². The number of dihydropyridines is 1. The standard InChI is InChI=1S/C9H13N/c1-7-2-3-9(6-10-7)8-4-5-8/h2-3,8,10H,4-6H2,1H3. The first-order chi connectivity index (χ1) is 4.86. The van der Waals surface area contributed by atoms with Crippen LogP contribution in [0, 0.1) is 5.92 Å². The van der Waals surface area contributed by atoms with Crippen molar-refractivity contribution in [2.24, 2.45) is 5.92 Å². The van der Waals surface area contributed by atoms with Crippen LogP contribution >= 0.6 is 0 Å². The maximum absolute atomic E-state index is 3.35. The quantitative estimate of drug-likeness (QED) is 0.578. The van der Waals surface area contributed by atoms with Gasteiger partial charge in [-0.05, 0) is 37.3 Å². The lowest BCUT2D eigenvalue weighted by atomic mass is 10.1. The Hall–Kier alpha value is -0.720. The van der Waals surface area contributed by atoms with E-state index in [1.165, 1.54) is 18.5 Å². The first kappa shape index (κ1) is 6.02. The summed E-state index contributed by atoms with van der Waals surface area (Å²) in [5.41, 5.74) is 2.90. The van der Waals surface area contributed by atoms with Crippen molar-refractivity contribution in [1.29, 1.82) is 0 Å². The fraction of sp³-hybridized carbons (Fsp3) is 0.556. The third kappa shape index (κ3) is 1.08. The average molecular weight is 135 g/mol. The summed E-state index contributed by atoms with van der Waals surface area (Å²) in [5, 5.41) is 3.35. The van der Waals surface area contributed by atoms with Crippen molar-refractivity contribution in [2.45, 2.75) is 19.8 Å². The molecule has 1 saturated carbocycles. The molecule has 0 bridgehead atoms. The number of rotatable bonds is 1. The molecule has 2 rings (SSSR count). The molecule has 0 radical (unpaired) electrons. The van der Waals surface area contributed by atoms with E-state index in [1.54, 1.807) is 5.57 Å². The molecular weight excluding hydrogens is 122 g/mol. The molecule has 1 heteroatoms.